The number of carbonyl (C=O) groups is 2. The van der Waals surface area contributed by atoms with Gasteiger partial charge in [0.1, 0.15) is 11.5 Å². The van der Waals surface area contributed by atoms with E-state index in [4.69, 9.17) is 14.6 Å². The third-order valence-corrected chi connectivity index (χ3v) is 6.08. The lowest BCUT2D eigenvalue weighted by Crippen LogP contribution is -2.26. The number of methoxy groups -OCH3 is 1. The van der Waals surface area contributed by atoms with E-state index >= 15 is 0 Å². The van der Waals surface area contributed by atoms with E-state index in [1.165, 1.54) is 42.0 Å². The molecule has 0 spiro atoms. The van der Waals surface area contributed by atoms with Crippen molar-refractivity contribution >= 4 is 17.6 Å². The Bertz CT molecular complexity index is 1310. The quantitative estimate of drug-likeness (QED) is 0.233. The van der Waals surface area contributed by atoms with Crippen LogP contribution in [0, 0.1) is 24.1 Å². The maximum absolute atomic E-state index is 13.3. The van der Waals surface area contributed by atoms with Gasteiger partial charge in [0.15, 0.2) is 11.6 Å². The lowest BCUT2D eigenvalue weighted by molar-refractivity contribution is -0.143. The summed E-state index contributed by atoms with van der Waals surface area (Å²) in [5, 5.41) is 9.13. The van der Waals surface area contributed by atoms with E-state index in [2.05, 4.69) is 18.9 Å². The number of terminal acetylenes is 1. The normalized spacial score (nSPS) is 11.9. The van der Waals surface area contributed by atoms with Crippen molar-refractivity contribution < 1.29 is 28.6 Å². The maximum atomic E-state index is 13.3. The molecule has 0 aromatic heterocycles. The molecule has 4 rings (SSSR count). The minimum atomic E-state index is -0.824. The van der Waals surface area contributed by atoms with Crippen molar-refractivity contribution in [1.29, 1.82) is 0 Å². The molecule has 0 bridgehead atoms. The molecule has 0 saturated heterocycles. The molecule has 6 nitrogen and oxygen atoms in total. The predicted octanol–water partition coefficient (Wildman–Crippen LogP) is 6.58. The lowest BCUT2D eigenvalue weighted by atomic mass is 9.91. The van der Waals surface area contributed by atoms with Crippen LogP contribution in [-0.2, 0) is 17.6 Å². The smallest absolute Gasteiger partial charge is 0.316 e. The minimum absolute atomic E-state index is 0.158. The summed E-state index contributed by atoms with van der Waals surface area (Å²) in [5.74, 6) is -0.546. The summed E-state index contributed by atoms with van der Waals surface area (Å²) in [6, 6.07) is 16.5. The van der Waals surface area contributed by atoms with E-state index in [9.17, 15) is 14.0 Å². The minimum Gasteiger partial charge on any atom is -0.505 e. The van der Waals surface area contributed by atoms with Crippen molar-refractivity contribution in [1.82, 2.24) is 0 Å². The summed E-state index contributed by atoms with van der Waals surface area (Å²) < 4.78 is 23.8. The standard InChI is InChI=1S/C15H14FNO3.C15H20O2.C2H2/c1-17(11-4-3-5-12(9-11)20-2)15(19)10-6-7-14(18)13(16)8-10;1-15(2,3)14(16)17-13-9-8-11-6-4-5-7-12(11)10-13;1-2/h3-9,18H,1-2H3;8-10H,4-7H2,1-3H3;1-2H. The molecule has 1 amide bonds. The van der Waals surface area contributed by atoms with Gasteiger partial charge >= 0.3 is 5.97 Å². The Hall–Kier alpha value is -4.31. The average molecular weight is 534 g/mol. The van der Waals surface area contributed by atoms with Gasteiger partial charge in [-0.15, -0.1) is 12.8 Å². The van der Waals surface area contributed by atoms with Crippen LogP contribution in [0.15, 0.2) is 60.7 Å². The highest BCUT2D eigenvalue weighted by Gasteiger charge is 2.24. The fraction of sp³-hybridized carbons (Fsp3) is 0.312. The van der Waals surface area contributed by atoms with Crippen molar-refractivity contribution in [2.75, 3.05) is 19.1 Å². The van der Waals surface area contributed by atoms with Crippen molar-refractivity contribution in [3.8, 4) is 30.1 Å². The van der Waals surface area contributed by atoms with Crippen molar-refractivity contribution in [2.24, 2.45) is 5.41 Å². The van der Waals surface area contributed by atoms with Crippen LogP contribution < -0.4 is 14.4 Å². The molecular formula is C32H36FNO5. The molecule has 3 aromatic carbocycles. The Kier molecular flexibility index (Phi) is 11.1. The molecule has 0 saturated carbocycles. The van der Waals surface area contributed by atoms with Crippen LogP contribution in [0.5, 0.6) is 17.2 Å². The zero-order valence-electron chi connectivity index (χ0n) is 23.2. The molecular weight excluding hydrogens is 497 g/mol. The number of nitrogens with zero attached hydrogens (tertiary/aromatic N) is 1. The number of aromatic hydroxyl groups is 1. The molecule has 1 aliphatic rings. The summed E-state index contributed by atoms with van der Waals surface area (Å²) in [4.78, 5) is 25.4. The number of halogens is 1. The second-order valence-electron chi connectivity index (χ2n) is 10.0. The summed E-state index contributed by atoms with van der Waals surface area (Å²) in [6.45, 7) is 5.61. The van der Waals surface area contributed by atoms with Gasteiger partial charge in [0.05, 0.1) is 12.5 Å². The van der Waals surface area contributed by atoms with Gasteiger partial charge < -0.3 is 19.5 Å². The molecule has 0 fully saturated rings. The first kappa shape index (κ1) is 30.9. The Morgan fingerprint density at radius 1 is 0.923 bits per heavy atom. The lowest BCUT2D eigenvalue weighted by Gasteiger charge is -2.19. The molecule has 206 valence electrons. The fourth-order valence-electron chi connectivity index (χ4n) is 3.80. The van der Waals surface area contributed by atoms with Gasteiger partial charge in [0.25, 0.3) is 5.91 Å². The van der Waals surface area contributed by atoms with Gasteiger partial charge in [-0.1, -0.05) is 12.1 Å². The van der Waals surface area contributed by atoms with Crippen molar-refractivity contribution in [3.05, 3.63) is 83.2 Å². The van der Waals surface area contributed by atoms with E-state index in [1.54, 1.807) is 31.3 Å². The molecule has 1 N–H and O–H groups in total. The van der Waals surface area contributed by atoms with E-state index in [0.29, 0.717) is 17.2 Å². The zero-order valence-corrected chi connectivity index (χ0v) is 23.2. The van der Waals surface area contributed by atoms with Crippen molar-refractivity contribution in [2.45, 2.75) is 46.5 Å². The first-order chi connectivity index (χ1) is 18.5. The number of carbonyl (C=O) groups excluding carboxylic acids is 2. The van der Waals surface area contributed by atoms with Gasteiger partial charge in [-0.25, -0.2) is 4.39 Å². The average Bonchev–Trinajstić information content (AvgIpc) is 2.94. The number of ether oxygens (including phenoxy) is 2. The van der Waals surface area contributed by atoms with Gasteiger partial charge in [0.2, 0.25) is 0 Å². The third kappa shape index (κ3) is 8.61. The Balaban J connectivity index is 0.000000260. The van der Waals surface area contributed by atoms with Crippen LogP contribution >= 0.6 is 0 Å². The number of aryl methyl sites for hydroxylation is 2. The number of rotatable bonds is 4. The SMILES string of the molecule is C#C.CC(C)(C)C(=O)Oc1ccc2c(c1)CCCC2.COc1cccc(N(C)C(=O)c2ccc(O)c(F)c2)c1. The highest BCUT2D eigenvalue weighted by molar-refractivity contribution is 6.05. The van der Waals surface area contributed by atoms with Crippen LogP contribution in [0.2, 0.25) is 0 Å². The first-order valence-electron chi connectivity index (χ1n) is 12.6. The zero-order chi connectivity index (χ0) is 29.2. The number of fused-ring (bicyclic) bond motifs is 1. The number of phenolic OH excluding ortho intramolecular Hbond substituents is 1. The Morgan fingerprint density at radius 2 is 1.59 bits per heavy atom. The van der Waals surface area contributed by atoms with Crippen molar-refractivity contribution in [3.63, 3.8) is 0 Å². The van der Waals surface area contributed by atoms with Crippen LogP contribution in [0.1, 0.15) is 55.1 Å². The second kappa shape index (κ2) is 14.0. The molecule has 3 aromatic rings. The third-order valence-electron chi connectivity index (χ3n) is 6.08. The van der Waals surface area contributed by atoms with Gasteiger partial charge in [-0.2, -0.15) is 0 Å². The molecule has 0 atom stereocenters. The maximum Gasteiger partial charge on any atom is 0.316 e. The number of hydrogen-bond acceptors (Lipinski definition) is 5. The highest BCUT2D eigenvalue weighted by Crippen LogP contribution is 2.27. The second-order valence-corrected chi connectivity index (χ2v) is 10.0. The number of phenols is 1. The molecule has 0 unspecified atom stereocenters. The van der Waals surface area contributed by atoms with E-state index < -0.39 is 17.0 Å². The number of benzene rings is 3. The fourth-order valence-corrected chi connectivity index (χ4v) is 3.80. The number of anilines is 1. The summed E-state index contributed by atoms with van der Waals surface area (Å²) >= 11 is 0. The van der Waals surface area contributed by atoms with Crippen LogP contribution in [0.3, 0.4) is 0 Å². The molecule has 0 radical (unpaired) electrons. The summed E-state index contributed by atoms with van der Waals surface area (Å²) in [7, 11) is 3.12. The van der Waals surface area contributed by atoms with E-state index in [-0.39, 0.29) is 17.4 Å². The molecule has 39 heavy (non-hydrogen) atoms. The topological polar surface area (TPSA) is 76.1 Å². The molecule has 7 heteroatoms. The van der Waals surface area contributed by atoms with E-state index in [1.807, 2.05) is 32.9 Å². The van der Waals surface area contributed by atoms with Crippen LogP contribution in [0.25, 0.3) is 0 Å². The largest absolute Gasteiger partial charge is 0.505 e. The summed E-state index contributed by atoms with van der Waals surface area (Å²) in [5.41, 5.74) is 3.09. The van der Waals surface area contributed by atoms with Gasteiger partial charge in [0, 0.05) is 24.4 Å². The molecule has 1 aliphatic carbocycles. The van der Waals surface area contributed by atoms with Gasteiger partial charge in [-0.05, 0) is 100 Å². The van der Waals surface area contributed by atoms with Crippen LogP contribution in [0.4, 0.5) is 10.1 Å². The molecule has 0 aliphatic heterocycles. The number of hydrogen-bond donors (Lipinski definition) is 1. The van der Waals surface area contributed by atoms with Gasteiger partial charge in [-0.3, -0.25) is 9.59 Å². The highest BCUT2D eigenvalue weighted by atomic mass is 19.1. The number of amides is 1. The first-order valence-corrected chi connectivity index (χ1v) is 12.6. The van der Waals surface area contributed by atoms with Crippen LogP contribution in [-0.4, -0.2) is 31.1 Å². The molecule has 0 heterocycles. The summed E-state index contributed by atoms with van der Waals surface area (Å²) in [6.07, 6.45) is 12.8. The number of esters is 1. The predicted molar refractivity (Wildman–Crippen MR) is 152 cm³/mol. The monoisotopic (exact) mass is 533 g/mol. The Morgan fingerprint density at radius 3 is 2.21 bits per heavy atom. The Labute approximate surface area is 230 Å². The van der Waals surface area contributed by atoms with E-state index in [0.717, 1.165) is 25.0 Å².